The zero-order valence-corrected chi connectivity index (χ0v) is 18.0. The normalized spacial score (nSPS) is 11.1. The summed E-state index contributed by atoms with van der Waals surface area (Å²) in [4.78, 5) is 26.9. The molecule has 1 N–H and O–H groups in total. The number of methoxy groups -OCH3 is 1. The van der Waals surface area contributed by atoms with E-state index in [1.807, 2.05) is 49.1 Å². The number of carbonyl (C=O) groups excluding carboxylic acids is 1. The lowest BCUT2D eigenvalue weighted by molar-refractivity contribution is -0.117. The lowest BCUT2D eigenvalue weighted by Crippen LogP contribution is -2.33. The first-order chi connectivity index (χ1) is 14.4. The van der Waals surface area contributed by atoms with Gasteiger partial charge in [-0.1, -0.05) is 31.2 Å². The lowest BCUT2D eigenvalue weighted by atomic mass is 10.0. The van der Waals surface area contributed by atoms with Crippen molar-refractivity contribution in [3.8, 4) is 5.75 Å². The van der Waals surface area contributed by atoms with E-state index in [-0.39, 0.29) is 18.1 Å². The minimum absolute atomic E-state index is 0.132. The summed E-state index contributed by atoms with van der Waals surface area (Å²) in [5.41, 5.74) is 3.78. The maximum absolute atomic E-state index is 12.7. The molecule has 1 aromatic heterocycles. The molecule has 6 heteroatoms. The molecule has 0 spiro atoms. The fraction of sp³-hybridized carbons (Fsp3) is 0.333. The van der Waals surface area contributed by atoms with E-state index in [0.29, 0.717) is 23.6 Å². The third-order valence-electron chi connectivity index (χ3n) is 5.20. The van der Waals surface area contributed by atoms with Crippen molar-refractivity contribution >= 4 is 22.6 Å². The predicted octanol–water partition coefficient (Wildman–Crippen LogP) is 4.27. The van der Waals surface area contributed by atoms with Crippen LogP contribution in [0.25, 0.3) is 11.0 Å². The standard InChI is InChI=1S/C24H28N2O4/c1-5-12-26(15-22(27)25-20-8-6-7-9-21(20)29-4)14-18-13-23(28)30-24-17(3)16(2)10-11-19(18)24/h6-11,13H,5,12,14-15H2,1-4H3,(H,25,27). The van der Waals surface area contributed by atoms with Gasteiger partial charge in [-0.05, 0) is 55.6 Å². The first-order valence-corrected chi connectivity index (χ1v) is 10.1. The topological polar surface area (TPSA) is 71.8 Å². The van der Waals surface area contributed by atoms with E-state index < -0.39 is 0 Å². The number of rotatable bonds is 8. The van der Waals surface area contributed by atoms with Crippen LogP contribution in [0.5, 0.6) is 5.75 Å². The summed E-state index contributed by atoms with van der Waals surface area (Å²) >= 11 is 0. The molecule has 0 aliphatic rings. The second kappa shape index (κ2) is 9.59. The van der Waals surface area contributed by atoms with E-state index in [1.54, 1.807) is 13.2 Å². The number of para-hydroxylation sites is 2. The van der Waals surface area contributed by atoms with Crippen LogP contribution in [-0.4, -0.2) is 31.0 Å². The van der Waals surface area contributed by atoms with E-state index >= 15 is 0 Å². The van der Waals surface area contributed by atoms with Crippen LogP contribution in [0.4, 0.5) is 5.69 Å². The van der Waals surface area contributed by atoms with E-state index in [0.717, 1.165) is 35.0 Å². The zero-order valence-electron chi connectivity index (χ0n) is 18.0. The summed E-state index contributed by atoms with van der Waals surface area (Å²) in [6, 6.07) is 12.9. The number of amides is 1. The molecule has 2 aromatic carbocycles. The summed E-state index contributed by atoms with van der Waals surface area (Å²) in [7, 11) is 1.57. The van der Waals surface area contributed by atoms with E-state index in [4.69, 9.17) is 9.15 Å². The molecule has 0 saturated carbocycles. The van der Waals surface area contributed by atoms with Crippen LogP contribution in [-0.2, 0) is 11.3 Å². The Morgan fingerprint density at radius 2 is 1.93 bits per heavy atom. The Hall–Kier alpha value is -3.12. The van der Waals surface area contributed by atoms with Crippen molar-refractivity contribution in [2.75, 3.05) is 25.5 Å². The van der Waals surface area contributed by atoms with Gasteiger partial charge in [-0.15, -0.1) is 0 Å². The third-order valence-corrected chi connectivity index (χ3v) is 5.20. The highest BCUT2D eigenvalue weighted by Gasteiger charge is 2.16. The van der Waals surface area contributed by atoms with Crippen molar-refractivity contribution in [3.63, 3.8) is 0 Å². The van der Waals surface area contributed by atoms with Gasteiger partial charge in [0.1, 0.15) is 11.3 Å². The SMILES string of the molecule is CCCN(CC(=O)Nc1ccccc1OC)Cc1cc(=O)oc2c(C)c(C)ccc12. The molecule has 158 valence electrons. The summed E-state index contributed by atoms with van der Waals surface area (Å²) in [5.74, 6) is 0.484. The van der Waals surface area contributed by atoms with Crippen LogP contribution >= 0.6 is 0 Å². The molecule has 0 atom stereocenters. The van der Waals surface area contributed by atoms with E-state index in [2.05, 4.69) is 12.2 Å². The number of nitrogens with zero attached hydrogens (tertiary/aromatic N) is 1. The van der Waals surface area contributed by atoms with Gasteiger partial charge < -0.3 is 14.5 Å². The molecule has 3 aromatic rings. The summed E-state index contributed by atoms with van der Waals surface area (Å²) in [5, 5.41) is 3.82. The lowest BCUT2D eigenvalue weighted by Gasteiger charge is -2.22. The molecule has 6 nitrogen and oxygen atoms in total. The maximum Gasteiger partial charge on any atom is 0.336 e. The van der Waals surface area contributed by atoms with Crippen molar-refractivity contribution < 1.29 is 13.9 Å². The summed E-state index contributed by atoms with van der Waals surface area (Å²) < 4.78 is 10.8. The second-order valence-electron chi connectivity index (χ2n) is 7.43. The molecule has 3 rings (SSSR count). The van der Waals surface area contributed by atoms with Crippen molar-refractivity contribution in [2.24, 2.45) is 0 Å². The van der Waals surface area contributed by atoms with Crippen molar-refractivity contribution in [1.82, 2.24) is 4.90 Å². The molecule has 0 radical (unpaired) electrons. The van der Waals surface area contributed by atoms with Crippen LogP contribution in [0, 0.1) is 13.8 Å². The number of aryl methyl sites for hydroxylation is 2. The summed E-state index contributed by atoms with van der Waals surface area (Å²) in [6.45, 7) is 7.43. The zero-order chi connectivity index (χ0) is 21.7. The summed E-state index contributed by atoms with van der Waals surface area (Å²) in [6.07, 6.45) is 0.888. The van der Waals surface area contributed by atoms with Gasteiger partial charge in [-0.25, -0.2) is 4.79 Å². The van der Waals surface area contributed by atoms with Crippen LogP contribution in [0.3, 0.4) is 0 Å². The molecule has 0 fully saturated rings. The Kier molecular flexibility index (Phi) is 6.90. The highest BCUT2D eigenvalue weighted by atomic mass is 16.5. The molecule has 0 aliphatic carbocycles. The van der Waals surface area contributed by atoms with Gasteiger partial charge in [-0.3, -0.25) is 9.69 Å². The Bertz CT molecular complexity index is 1100. The Labute approximate surface area is 176 Å². The minimum atomic E-state index is -0.374. The average Bonchev–Trinajstić information content (AvgIpc) is 2.71. The van der Waals surface area contributed by atoms with Gasteiger partial charge in [0, 0.05) is 18.0 Å². The quantitative estimate of drug-likeness (QED) is 0.564. The Balaban J connectivity index is 1.83. The molecule has 0 unspecified atom stereocenters. The minimum Gasteiger partial charge on any atom is -0.495 e. The van der Waals surface area contributed by atoms with E-state index in [1.165, 1.54) is 6.07 Å². The van der Waals surface area contributed by atoms with Crippen LogP contribution in [0.15, 0.2) is 51.7 Å². The Morgan fingerprint density at radius 3 is 2.67 bits per heavy atom. The predicted molar refractivity (Wildman–Crippen MR) is 119 cm³/mol. The first kappa shape index (κ1) is 21.6. The highest BCUT2D eigenvalue weighted by molar-refractivity contribution is 5.93. The average molecular weight is 408 g/mol. The van der Waals surface area contributed by atoms with Crippen molar-refractivity contribution in [2.45, 2.75) is 33.7 Å². The van der Waals surface area contributed by atoms with Crippen LogP contribution in [0.2, 0.25) is 0 Å². The fourth-order valence-corrected chi connectivity index (χ4v) is 3.57. The highest BCUT2D eigenvalue weighted by Crippen LogP contribution is 2.25. The largest absolute Gasteiger partial charge is 0.495 e. The number of carbonyl (C=O) groups is 1. The molecule has 1 amide bonds. The van der Waals surface area contributed by atoms with Crippen molar-refractivity contribution in [3.05, 3.63) is 69.6 Å². The smallest absolute Gasteiger partial charge is 0.336 e. The van der Waals surface area contributed by atoms with Gasteiger partial charge in [0.25, 0.3) is 0 Å². The molecule has 0 saturated heterocycles. The second-order valence-corrected chi connectivity index (χ2v) is 7.43. The Morgan fingerprint density at radius 1 is 1.17 bits per heavy atom. The molecule has 1 heterocycles. The van der Waals surface area contributed by atoms with Gasteiger partial charge >= 0.3 is 5.63 Å². The molecule has 0 aliphatic heterocycles. The number of fused-ring (bicyclic) bond motifs is 1. The number of anilines is 1. The van der Waals surface area contributed by atoms with E-state index in [9.17, 15) is 9.59 Å². The van der Waals surface area contributed by atoms with Crippen molar-refractivity contribution in [1.29, 1.82) is 0 Å². The van der Waals surface area contributed by atoms with Crippen LogP contribution < -0.4 is 15.7 Å². The maximum atomic E-state index is 12.7. The number of hydrogen-bond acceptors (Lipinski definition) is 5. The first-order valence-electron chi connectivity index (χ1n) is 10.1. The molecule has 30 heavy (non-hydrogen) atoms. The number of nitrogens with one attached hydrogen (secondary N) is 1. The monoisotopic (exact) mass is 408 g/mol. The fourth-order valence-electron chi connectivity index (χ4n) is 3.57. The van der Waals surface area contributed by atoms with Crippen LogP contribution in [0.1, 0.15) is 30.0 Å². The molecular formula is C24H28N2O4. The van der Waals surface area contributed by atoms with Gasteiger partial charge in [0.05, 0.1) is 19.3 Å². The van der Waals surface area contributed by atoms with Gasteiger partial charge in [0.15, 0.2) is 0 Å². The third kappa shape index (κ3) is 4.89. The van der Waals surface area contributed by atoms with Gasteiger partial charge in [-0.2, -0.15) is 0 Å². The molecular weight excluding hydrogens is 380 g/mol. The van der Waals surface area contributed by atoms with Gasteiger partial charge in [0.2, 0.25) is 5.91 Å². The number of hydrogen-bond donors (Lipinski definition) is 1. The number of benzene rings is 2. The molecule has 0 bridgehead atoms. The number of ether oxygens (including phenoxy) is 1.